The molecular weight excluding hydrogens is 370 g/mol. The summed E-state index contributed by atoms with van der Waals surface area (Å²) in [5.41, 5.74) is 5.61. The molecule has 4 rings (SSSR count). The highest BCUT2D eigenvalue weighted by Gasteiger charge is 2.22. The Bertz CT molecular complexity index is 1160. The number of amides is 1. The highest BCUT2D eigenvalue weighted by Crippen LogP contribution is 2.35. The third-order valence-electron chi connectivity index (χ3n) is 4.79. The van der Waals surface area contributed by atoms with Crippen molar-refractivity contribution in [3.63, 3.8) is 0 Å². The van der Waals surface area contributed by atoms with Crippen LogP contribution in [0.3, 0.4) is 0 Å². The summed E-state index contributed by atoms with van der Waals surface area (Å²) < 4.78 is 5.97. The summed E-state index contributed by atoms with van der Waals surface area (Å²) in [5.74, 6) is 0.0563. The Hall–Kier alpha value is -3.04. The van der Waals surface area contributed by atoms with Gasteiger partial charge in [-0.2, -0.15) is 0 Å². The Morgan fingerprint density at radius 2 is 1.68 bits per heavy atom. The molecule has 140 valence electrons. The molecule has 3 nitrogen and oxygen atoms in total. The van der Waals surface area contributed by atoms with Crippen LogP contribution in [0.5, 0.6) is 0 Å². The van der Waals surface area contributed by atoms with E-state index in [1.165, 1.54) is 0 Å². The molecule has 0 unspecified atom stereocenters. The molecule has 0 aliphatic heterocycles. The number of aryl methyl sites for hydroxylation is 2. The summed E-state index contributed by atoms with van der Waals surface area (Å²) in [6.07, 6.45) is 0. The molecule has 0 saturated carbocycles. The molecule has 4 aromatic rings. The molecule has 1 heterocycles. The zero-order valence-electron chi connectivity index (χ0n) is 15.8. The van der Waals surface area contributed by atoms with Crippen LogP contribution < -0.4 is 5.32 Å². The van der Waals surface area contributed by atoms with E-state index in [0.29, 0.717) is 22.9 Å². The lowest BCUT2D eigenvalue weighted by Crippen LogP contribution is -2.23. The van der Waals surface area contributed by atoms with Crippen molar-refractivity contribution < 1.29 is 9.21 Å². The second-order valence-corrected chi connectivity index (χ2v) is 7.35. The van der Waals surface area contributed by atoms with Crippen LogP contribution in [0.2, 0.25) is 5.02 Å². The molecule has 0 saturated heterocycles. The molecule has 28 heavy (non-hydrogen) atoms. The average Bonchev–Trinajstić information content (AvgIpc) is 3.06. The van der Waals surface area contributed by atoms with Crippen LogP contribution in [0.25, 0.3) is 22.1 Å². The van der Waals surface area contributed by atoms with Gasteiger partial charge in [-0.3, -0.25) is 4.79 Å². The Morgan fingerprint density at radius 3 is 2.43 bits per heavy atom. The van der Waals surface area contributed by atoms with E-state index in [9.17, 15) is 4.79 Å². The number of benzene rings is 3. The number of halogens is 1. The first kappa shape index (κ1) is 18.3. The van der Waals surface area contributed by atoms with E-state index >= 15 is 0 Å². The van der Waals surface area contributed by atoms with Gasteiger partial charge in [-0.25, -0.2) is 0 Å². The summed E-state index contributed by atoms with van der Waals surface area (Å²) in [4.78, 5) is 13.0. The van der Waals surface area contributed by atoms with Crippen molar-refractivity contribution >= 4 is 28.5 Å². The molecule has 0 aliphatic rings. The highest BCUT2D eigenvalue weighted by atomic mass is 35.5. The zero-order valence-corrected chi connectivity index (χ0v) is 16.5. The molecular formula is C24H20ClNO2. The lowest BCUT2D eigenvalue weighted by Gasteiger charge is -2.07. The minimum Gasteiger partial charge on any atom is -0.450 e. The second kappa shape index (κ2) is 7.53. The maximum Gasteiger partial charge on any atom is 0.287 e. The van der Waals surface area contributed by atoms with Gasteiger partial charge in [-0.15, -0.1) is 0 Å². The van der Waals surface area contributed by atoms with Gasteiger partial charge >= 0.3 is 0 Å². The van der Waals surface area contributed by atoms with Crippen LogP contribution in [0.4, 0.5) is 0 Å². The van der Waals surface area contributed by atoms with Crippen molar-refractivity contribution in [3.05, 3.63) is 94.2 Å². The first-order valence-electron chi connectivity index (χ1n) is 9.15. The van der Waals surface area contributed by atoms with E-state index in [4.69, 9.17) is 16.0 Å². The van der Waals surface area contributed by atoms with Crippen LogP contribution in [0.1, 0.15) is 27.2 Å². The van der Waals surface area contributed by atoms with Crippen LogP contribution in [-0.4, -0.2) is 5.91 Å². The predicted molar refractivity (Wildman–Crippen MR) is 114 cm³/mol. The fourth-order valence-electron chi connectivity index (χ4n) is 3.28. The van der Waals surface area contributed by atoms with E-state index < -0.39 is 0 Å². The number of rotatable bonds is 4. The Kier molecular flexibility index (Phi) is 4.93. The Balaban J connectivity index is 1.75. The molecule has 0 spiro atoms. The van der Waals surface area contributed by atoms with E-state index in [1.807, 2.05) is 74.5 Å². The smallest absolute Gasteiger partial charge is 0.287 e. The van der Waals surface area contributed by atoms with E-state index in [-0.39, 0.29) is 5.91 Å². The molecule has 1 amide bonds. The molecule has 0 aliphatic carbocycles. The van der Waals surface area contributed by atoms with E-state index in [1.54, 1.807) is 0 Å². The average molecular weight is 390 g/mol. The third-order valence-corrected chi connectivity index (χ3v) is 5.16. The maximum absolute atomic E-state index is 13.0. The lowest BCUT2D eigenvalue weighted by atomic mass is 9.99. The van der Waals surface area contributed by atoms with Crippen molar-refractivity contribution in [1.29, 1.82) is 0 Å². The van der Waals surface area contributed by atoms with Gasteiger partial charge in [0.2, 0.25) is 5.76 Å². The fraction of sp³-hybridized carbons (Fsp3) is 0.125. The largest absolute Gasteiger partial charge is 0.450 e. The van der Waals surface area contributed by atoms with Gasteiger partial charge in [-0.05, 0) is 43.2 Å². The highest BCUT2D eigenvalue weighted by molar-refractivity contribution is 6.31. The monoisotopic (exact) mass is 389 g/mol. The van der Waals surface area contributed by atoms with Gasteiger partial charge in [-0.1, -0.05) is 71.3 Å². The standard InChI is InChI=1S/C24H20ClNO2/c1-15-7-10-17(11-8-15)22-19-13-16(2)9-12-21(19)28-23(22)24(27)26-14-18-5-3-4-6-20(18)25/h3-13H,14H2,1-2H3,(H,26,27). The van der Waals surface area contributed by atoms with Gasteiger partial charge in [0.25, 0.3) is 5.91 Å². The normalized spacial score (nSPS) is 11.0. The maximum atomic E-state index is 13.0. The lowest BCUT2D eigenvalue weighted by molar-refractivity contribution is 0.0926. The SMILES string of the molecule is Cc1ccc(-c2c(C(=O)NCc3ccccc3Cl)oc3ccc(C)cc23)cc1. The molecule has 3 aromatic carbocycles. The molecule has 0 bridgehead atoms. The van der Waals surface area contributed by atoms with Crippen molar-refractivity contribution in [2.75, 3.05) is 0 Å². The molecule has 4 heteroatoms. The molecule has 0 fully saturated rings. The van der Waals surface area contributed by atoms with Gasteiger partial charge in [0, 0.05) is 22.5 Å². The van der Waals surface area contributed by atoms with Crippen molar-refractivity contribution in [1.82, 2.24) is 5.32 Å². The minimum absolute atomic E-state index is 0.260. The summed E-state index contributed by atoms with van der Waals surface area (Å²) in [6.45, 7) is 4.41. The van der Waals surface area contributed by atoms with Crippen LogP contribution in [0.15, 0.2) is 71.1 Å². The number of hydrogen-bond acceptors (Lipinski definition) is 2. The van der Waals surface area contributed by atoms with Gasteiger partial charge in [0.15, 0.2) is 0 Å². The summed E-state index contributed by atoms with van der Waals surface area (Å²) >= 11 is 6.20. The Labute approximate surface area is 168 Å². The van der Waals surface area contributed by atoms with E-state index in [0.717, 1.165) is 33.2 Å². The minimum atomic E-state index is -0.260. The fourth-order valence-corrected chi connectivity index (χ4v) is 3.48. The van der Waals surface area contributed by atoms with Crippen molar-refractivity contribution in [2.24, 2.45) is 0 Å². The zero-order chi connectivity index (χ0) is 19.7. The number of fused-ring (bicyclic) bond motifs is 1. The van der Waals surface area contributed by atoms with E-state index in [2.05, 4.69) is 11.4 Å². The van der Waals surface area contributed by atoms with Gasteiger partial charge < -0.3 is 9.73 Å². The number of carbonyl (C=O) groups is 1. The quantitative estimate of drug-likeness (QED) is 0.445. The van der Waals surface area contributed by atoms with Gasteiger partial charge in [0.05, 0.1) is 0 Å². The first-order valence-corrected chi connectivity index (χ1v) is 9.52. The second-order valence-electron chi connectivity index (χ2n) is 6.95. The number of carbonyl (C=O) groups excluding carboxylic acids is 1. The predicted octanol–water partition coefficient (Wildman–Crippen LogP) is 6.30. The van der Waals surface area contributed by atoms with Crippen LogP contribution in [-0.2, 0) is 6.54 Å². The van der Waals surface area contributed by atoms with Gasteiger partial charge in [0.1, 0.15) is 5.58 Å². The third kappa shape index (κ3) is 3.54. The van der Waals surface area contributed by atoms with Crippen molar-refractivity contribution in [2.45, 2.75) is 20.4 Å². The summed E-state index contributed by atoms with van der Waals surface area (Å²) in [6, 6.07) is 21.5. The van der Waals surface area contributed by atoms with Crippen LogP contribution >= 0.6 is 11.6 Å². The summed E-state index contributed by atoms with van der Waals surface area (Å²) in [7, 11) is 0. The number of nitrogens with one attached hydrogen (secondary N) is 1. The first-order chi connectivity index (χ1) is 13.5. The topological polar surface area (TPSA) is 42.2 Å². The Morgan fingerprint density at radius 1 is 0.964 bits per heavy atom. The number of furan rings is 1. The molecule has 0 radical (unpaired) electrons. The number of hydrogen-bond donors (Lipinski definition) is 1. The molecule has 0 atom stereocenters. The van der Waals surface area contributed by atoms with Crippen LogP contribution in [0, 0.1) is 13.8 Å². The summed E-state index contributed by atoms with van der Waals surface area (Å²) in [5, 5.41) is 4.50. The molecule has 1 aromatic heterocycles. The molecule has 1 N–H and O–H groups in total. The van der Waals surface area contributed by atoms with Crippen molar-refractivity contribution in [3.8, 4) is 11.1 Å².